The van der Waals surface area contributed by atoms with Crippen LogP contribution in [0.1, 0.15) is 0 Å². The van der Waals surface area contributed by atoms with E-state index in [0.717, 1.165) is 35.7 Å². The second-order valence-corrected chi connectivity index (χ2v) is 12.6. The van der Waals surface area contributed by atoms with Crippen LogP contribution in [-0.4, -0.2) is 22.8 Å². The molecule has 7 rings (SSSR count). The molecule has 0 heterocycles. The minimum absolute atomic E-state index is 0. The molecule has 0 spiro atoms. The predicted molar refractivity (Wildman–Crippen MR) is 186 cm³/mol. The maximum atomic E-state index is 12.5. The van der Waals surface area contributed by atoms with Crippen molar-refractivity contribution in [3.8, 4) is 23.0 Å². The van der Waals surface area contributed by atoms with Crippen LogP contribution in [0.4, 0.5) is 34.1 Å². The summed E-state index contributed by atoms with van der Waals surface area (Å²) in [5, 5.41) is 87.8. The summed E-state index contributed by atoms with van der Waals surface area (Å²) in [4.78, 5) is 19.3. The molecule has 273 valence electrons. The van der Waals surface area contributed by atoms with E-state index >= 15 is 0 Å². The summed E-state index contributed by atoms with van der Waals surface area (Å²) in [6.07, 6.45) is 0. The molecule has 0 unspecified atom stereocenters. The van der Waals surface area contributed by atoms with Crippen LogP contribution in [-0.2, 0) is 27.5 Å². The molecule has 57 heavy (non-hydrogen) atoms. The Hall–Kier alpha value is -5.04. The van der Waals surface area contributed by atoms with Crippen LogP contribution < -0.4 is 79.5 Å². The summed E-state index contributed by atoms with van der Waals surface area (Å²) in [7, 11) is -5.11. The van der Waals surface area contributed by atoms with Crippen LogP contribution in [0, 0.1) is 20.2 Å². The van der Waals surface area contributed by atoms with E-state index in [4.69, 9.17) is 0 Å². The van der Waals surface area contributed by atoms with Crippen LogP contribution in [0.2, 0.25) is 0 Å². The number of nitro benzene ring substituents is 2. The molecule has 0 amide bonds. The molecule has 21 heteroatoms. The summed E-state index contributed by atoms with van der Waals surface area (Å²) < 4.78 is 34.8. The van der Waals surface area contributed by atoms with Crippen LogP contribution >= 0.6 is 0 Å². The number of fused-ring (bicyclic) bond motifs is 3. The third kappa shape index (κ3) is 10.3. The number of nitro groups is 2. The Bertz CT molecular complexity index is 2850. The number of rotatable bonds is 7. The maximum Gasteiger partial charge on any atom is 3.00 e. The molecular formula is C36H19CrN6Na2O11S. The zero-order valence-electron chi connectivity index (χ0n) is 29.5. The van der Waals surface area contributed by atoms with Gasteiger partial charge in [0.05, 0.1) is 37.5 Å². The predicted octanol–water partition coefficient (Wildman–Crippen LogP) is 0.684. The molecule has 0 aliphatic heterocycles. The first-order valence-electron chi connectivity index (χ1n) is 15.3. The molecule has 0 saturated carbocycles. The van der Waals surface area contributed by atoms with E-state index in [9.17, 15) is 53.6 Å². The van der Waals surface area contributed by atoms with E-state index in [1.165, 1.54) is 18.2 Å². The van der Waals surface area contributed by atoms with Gasteiger partial charge in [-0.3, -0.25) is 20.2 Å². The zero-order chi connectivity index (χ0) is 38.7. The van der Waals surface area contributed by atoms with Crippen molar-refractivity contribution < 1.29 is 120 Å². The summed E-state index contributed by atoms with van der Waals surface area (Å²) in [6.45, 7) is 0. The van der Waals surface area contributed by atoms with Crippen LogP contribution in [0.25, 0.3) is 32.3 Å². The molecule has 0 fully saturated rings. The summed E-state index contributed by atoms with van der Waals surface area (Å²) >= 11 is 0. The normalized spacial score (nSPS) is 11.0. The van der Waals surface area contributed by atoms with Gasteiger partial charge in [-0.1, -0.05) is 95.8 Å². The Balaban J connectivity index is 0.000000301. The molecule has 0 aliphatic rings. The van der Waals surface area contributed by atoms with Crippen molar-refractivity contribution in [2.24, 2.45) is 20.5 Å². The molecule has 0 saturated heterocycles. The Kier molecular flexibility index (Phi) is 15.8. The molecule has 0 N–H and O–H groups in total. The van der Waals surface area contributed by atoms with E-state index in [-0.39, 0.29) is 121 Å². The average molecular weight is 842 g/mol. The van der Waals surface area contributed by atoms with Gasteiger partial charge >= 0.3 is 76.5 Å². The first-order valence-corrected chi connectivity index (χ1v) is 16.7. The van der Waals surface area contributed by atoms with Crippen molar-refractivity contribution in [1.82, 2.24) is 0 Å². The number of hydrogen-bond acceptors (Lipinski definition) is 15. The van der Waals surface area contributed by atoms with Gasteiger partial charge in [0, 0.05) is 45.8 Å². The average Bonchev–Trinajstić information content (AvgIpc) is 3.14. The van der Waals surface area contributed by atoms with Crippen LogP contribution in [0.3, 0.4) is 0 Å². The smallest absolute Gasteiger partial charge is 0.871 e. The standard InChI is InChI=1S/C20H13N3O7S.C16H11N3O4.Cr.2Na/c24-16-8-5-11-3-1-2-4-13(11)19(16)21-22-20-14-7-6-12(23(26)27)9-15(14)18(10-17(20)25)31(28,29)30;20-14-8-5-10-3-1-2-4-12(10)16(14)18-17-13-7-6-11(19(22)23)9-15(13)21;;;/h1-10,24-25H,(H,28,29,30);1-9,20-21H;;;/q;;+3;2*+1/p-5. The summed E-state index contributed by atoms with van der Waals surface area (Å²) in [5.41, 5.74) is -1.13. The molecule has 0 atom stereocenters. The van der Waals surface area contributed by atoms with Crippen molar-refractivity contribution in [2.45, 2.75) is 4.90 Å². The van der Waals surface area contributed by atoms with Gasteiger partial charge in [-0.15, -0.1) is 0 Å². The first kappa shape index (κ1) is 46.3. The third-order valence-corrected chi connectivity index (χ3v) is 8.76. The van der Waals surface area contributed by atoms with Crippen molar-refractivity contribution in [3.05, 3.63) is 135 Å². The van der Waals surface area contributed by atoms with Crippen LogP contribution in [0.5, 0.6) is 23.0 Å². The Morgan fingerprint density at radius 1 is 0.474 bits per heavy atom. The Labute approximate surface area is 376 Å². The fourth-order valence-corrected chi connectivity index (χ4v) is 6.03. The molecule has 17 nitrogen and oxygen atoms in total. The fraction of sp³-hybridized carbons (Fsp3) is 0. The van der Waals surface area contributed by atoms with E-state index < -0.39 is 47.8 Å². The second-order valence-electron chi connectivity index (χ2n) is 11.2. The summed E-state index contributed by atoms with van der Waals surface area (Å²) in [5.74, 6) is -2.33. The van der Waals surface area contributed by atoms with Crippen molar-refractivity contribution in [1.29, 1.82) is 0 Å². The van der Waals surface area contributed by atoms with Crippen molar-refractivity contribution in [3.63, 3.8) is 0 Å². The van der Waals surface area contributed by atoms with E-state index in [0.29, 0.717) is 22.2 Å². The number of hydrogen-bond donors (Lipinski definition) is 0. The number of nitrogens with zero attached hydrogens (tertiary/aromatic N) is 6. The molecule has 0 bridgehead atoms. The summed E-state index contributed by atoms with van der Waals surface area (Å²) in [6, 6.07) is 26.8. The molecule has 7 aromatic rings. The molecule has 1 radical (unpaired) electrons. The zero-order valence-corrected chi connectivity index (χ0v) is 35.6. The van der Waals surface area contributed by atoms with Gasteiger partial charge in [0.15, 0.2) is 0 Å². The van der Waals surface area contributed by atoms with E-state index in [1.807, 2.05) is 12.1 Å². The minimum Gasteiger partial charge on any atom is -0.871 e. The third-order valence-electron chi connectivity index (χ3n) is 7.89. The van der Waals surface area contributed by atoms with Gasteiger partial charge in [0.25, 0.3) is 11.4 Å². The second kappa shape index (κ2) is 19.4. The largest absolute Gasteiger partial charge is 3.00 e. The molecule has 0 aliphatic carbocycles. The number of non-ortho nitro benzene ring substituents is 2. The van der Waals surface area contributed by atoms with Gasteiger partial charge in [-0.05, 0) is 29.0 Å². The van der Waals surface area contributed by atoms with Gasteiger partial charge < -0.3 is 25.0 Å². The molecule has 7 aromatic carbocycles. The van der Waals surface area contributed by atoms with Gasteiger partial charge in [0.2, 0.25) is 0 Å². The van der Waals surface area contributed by atoms with Gasteiger partial charge in [-0.2, -0.15) is 20.5 Å². The minimum atomic E-state index is -5.11. The van der Waals surface area contributed by atoms with Crippen molar-refractivity contribution in [2.75, 3.05) is 0 Å². The maximum absolute atomic E-state index is 12.5. The number of azo groups is 2. The Morgan fingerprint density at radius 3 is 1.42 bits per heavy atom. The fourth-order valence-electron chi connectivity index (χ4n) is 5.34. The first-order chi connectivity index (χ1) is 25.7. The Morgan fingerprint density at radius 2 is 0.930 bits per heavy atom. The monoisotopic (exact) mass is 841 g/mol. The number of benzene rings is 7. The SMILES string of the molecule is O=[N+]([O-])c1ccc(N=Nc2c([O-])ccc3ccccc23)c([O-])c1.O=[N+]([O-])c1ccc2c(N=Nc3c([O-])ccc4ccccc34)c([O-])cc(S(=O)(=O)[O-])c2c1.[Cr+3].[Na+].[Na+]. The quantitative estimate of drug-likeness (QED) is 0.0707. The van der Waals surface area contributed by atoms with Gasteiger partial charge in [0.1, 0.15) is 10.1 Å². The molecular weight excluding hydrogens is 822 g/mol. The van der Waals surface area contributed by atoms with E-state index in [1.54, 1.807) is 48.5 Å². The van der Waals surface area contributed by atoms with Crippen LogP contribution in [0.15, 0.2) is 141 Å². The van der Waals surface area contributed by atoms with Gasteiger partial charge in [-0.25, -0.2) is 8.42 Å². The topological polar surface area (TPSA) is 285 Å². The molecule has 0 aromatic heterocycles. The van der Waals surface area contributed by atoms with E-state index in [2.05, 4.69) is 20.5 Å². The van der Waals surface area contributed by atoms with Crippen molar-refractivity contribution >= 4 is 76.6 Å².